The van der Waals surface area contributed by atoms with Crippen LogP contribution < -0.4 is 14.2 Å². The SMILES string of the molecule is COc1cc(CC2(O)CCC(c3ccc(OC4C(CO)OC(O)C(O)C4O)c(OC)c3)C2CO)ccc1O. The van der Waals surface area contributed by atoms with Crippen LogP contribution in [-0.4, -0.2) is 99.5 Å². The number of phenols is 1. The van der Waals surface area contributed by atoms with E-state index in [1.165, 1.54) is 20.3 Å². The minimum absolute atomic E-state index is 0.00366. The first kappa shape index (κ1) is 28.4. The fourth-order valence-corrected chi connectivity index (χ4v) is 5.64. The highest BCUT2D eigenvalue weighted by Crippen LogP contribution is 2.49. The van der Waals surface area contributed by atoms with Crippen molar-refractivity contribution >= 4 is 0 Å². The molecule has 8 unspecified atom stereocenters. The monoisotopic (exact) mass is 536 g/mol. The van der Waals surface area contributed by atoms with Crippen LogP contribution in [0.2, 0.25) is 0 Å². The summed E-state index contributed by atoms with van der Waals surface area (Å²) in [5.74, 6) is 0.156. The molecule has 1 saturated carbocycles. The Hall–Kier alpha value is -2.64. The number of aromatic hydroxyl groups is 1. The van der Waals surface area contributed by atoms with Crippen molar-refractivity contribution in [3.8, 4) is 23.0 Å². The van der Waals surface area contributed by atoms with Crippen LogP contribution in [0.1, 0.15) is 29.9 Å². The number of ether oxygens (including phenoxy) is 4. The van der Waals surface area contributed by atoms with Crippen LogP contribution >= 0.6 is 0 Å². The molecule has 1 heterocycles. The van der Waals surface area contributed by atoms with Crippen molar-refractivity contribution in [2.45, 2.75) is 61.5 Å². The molecule has 1 aliphatic carbocycles. The molecule has 1 aliphatic heterocycles. The van der Waals surface area contributed by atoms with E-state index < -0.39 is 48.8 Å². The molecule has 2 aromatic rings. The minimum atomic E-state index is -1.66. The van der Waals surface area contributed by atoms with Gasteiger partial charge in [-0.05, 0) is 54.2 Å². The van der Waals surface area contributed by atoms with Gasteiger partial charge in [-0.25, -0.2) is 0 Å². The summed E-state index contributed by atoms with van der Waals surface area (Å²) >= 11 is 0. The molecule has 7 N–H and O–H groups in total. The lowest BCUT2D eigenvalue weighted by Crippen LogP contribution is -2.60. The standard InChI is InChI=1S/C27H36O11/c1-35-20-9-14(3-5-18(20)30)11-27(34)8-7-16(17(27)12-28)15-4-6-19(21(10-15)36-2)37-25-22(13-29)38-26(33)24(32)23(25)31/h3-6,9-10,16-17,22-26,28-34H,7-8,11-13H2,1-2H3. The first-order valence-corrected chi connectivity index (χ1v) is 12.5. The van der Waals surface area contributed by atoms with E-state index in [1.54, 1.807) is 30.3 Å². The Morgan fingerprint density at radius 2 is 1.66 bits per heavy atom. The number of benzene rings is 2. The predicted octanol–water partition coefficient (Wildman–Crippen LogP) is 0.0478. The van der Waals surface area contributed by atoms with Gasteiger partial charge in [-0.1, -0.05) is 12.1 Å². The number of hydrogen-bond acceptors (Lipinski definition) is 11. The number of methoxy groups -OCH3 is 2. The lowest BCUT2D eigenvalue weighted by atomic mass is 9.79. The maximum Gasteiger partial charge on any atom is 0.184 e. The molecule has 0 radical (unpaired) electrons. The molecule has 4 rings (SSSR count). The number of rotatable bonds is 9. The molecule has 8 atom stereocenters. The highest BCUT2D eigenvalue weighted by Gasteiger charge is 2.48. The van der Waals surface area contributed by atoms with Crippen LogP contribution in [0.4, 0.5) is 0 Å². The zero-order valence-electron chi connectivity index (χ0n) is 21.3. The molecule has 2 fully saturated rings. The Morgan fingerprint density at radius 1 is 0.921 bits per heavy atom. The third-order valence-electron chi connectivity index (χ3n) is 7.73. The smallest absolute Gasteiger partial charge is 0.184 e. The van der Waals surface area contributed by atoms with Crippen molar-refractivity contribution in [2.75, 3.05) is 27.4 Å². The van der Waals surface area contributed by atoms with Crippen molar-refractivity contribution in [3.05, 3.63) is 47.5 Å². The van der Waals surface area contributed by atoms with Crippen molar-refractivity contribution in [3.63, 3.8) is 0 Å². The number of hydrogen-bond donors (Lipinski definition) is 7. The summed E-state index contributed by atoms with van der Waals surface area (Å²) in [5.41, 5.74) is 0.377. The Morgan fingerprint density at radius 3 is 2.32 bits per heavy atom. The maximum atomic E-state index is 11.6. The molecule has 1 saturated heterocycles. The van der Waals surface area contributed by atoms with Crippen LogP contribution in [0.25, 0.3) is 0 Å². The summed E-state index contributed by atoms with van der Waals surface area (Å²) in [6.45, 7) is -0.807. The molecule has 210 valence electrons. The largest absolute Gasteiger partial charge is 0.504 e. The first-order valence-electron chi connectivity index (χ1n) is 12.5. The molecular formula is C27H36O11. The van der Waals surface area contributed by atoms with E-state index in [2.05, 4.69) is 0 Å². The zero-order chi connectivity index (χ0) is 27.6. The van der Waals surface area contributed by atoms with Crippen molar-refractivity contribution in [1.82, 2.24) is 0 Å². The zero-order valence-corrected chi connectivity index (χ0v) is 21.3. The van der Waals surface area contributed by atoms with E-state index in [4.69, 9.17) is 18.9 Å². The molecule has 2 aliphatic rings. The summed E-state index contributed by atoms with van der Waals surface area (Å²) in [5, 5.41) is 71.5. The van der Waals surface area contributed by atoms with Crippen LogP contribution in [-0.2, 0) is 11.2 Å². The lowest BCUT2D eigenvalue weighted by molar-refractivity contribution is -0.282. The molecule has 11 nitrogen and oxygen atoms in total. The number of aliphatic hydroxyl groups is 6. The average molecular weight is 537 g/mol. The van der Waals surface area contributed by atoms with Gasteiger partial charge in [-0.3, -0.25) is 0 Å². The molecule has 11 heteroatoms. The third-order valence-corrected chi connectivity index (χ3v) is 7.73. The summed E-state index contributed by atoms with van der Waals surface area (Å²) in [7, 11) is 2.89. The van der Waals surface area contributed by atoms with Crippen LogP contribution in [0.15, 0.2) is 36.4 Å². The van der Waals surface area contributed by atoms with Gasteiger partial charge >= 0.3 is 0 Å². The van der Waals surface area contributed by atoms with Crippen molar-refractivity contribution in [1.29, 1.82) is 0 Å². The van der Waals surface area contributed by atoms with Gasteiger partial charge in [-0.2, -0.15) is 0 Å². The minimum Gasteiger partial charge on any atom is -0.504 e. The molecule has 38 heavy (non-hydrogen) atoms. The van der Waals surface area contributed by atoms with E-state index in [-0.39, 0.29) is 30.4 Å². The first-order chi connectivity index (χ1) is 18.1. The third kappa shape index (κ3) is 5.41. The Labute approximate surface area is 220 Å². The quantitative estimate of drug-likeness (QED) is 0.230. The van der Waals surface area contributed by atoms with Gasteiger partial charge in [0.05, 0.1) is 26.4 Å². The van der Waals surface area contributed by atoms with Crippen molar-refractivity contribution in [2.24, 2.45) is 5.92 Å². The Balaban J connectivity index is 1.55. The Kier molecular flexibility index (Phi) is 8.68. The van der Waals surface area contributed by atoms with Crippen LogP contribution in [0, 0.1) is 5.92 Å². The molecule has 2 aromatic carbocycles. The molecule has 0 aromatic heterocycles. The second-order valence-electron chi connectivity index (χ2n) is 9.94. The van der Waals surface area contributed by atoms with Gasteiger partial charge in [-0.15, -0.1) is 0 Å². The predicted molar refractivity (Wildman–Crippen MR) is 133 cm³/mol. The van der Waals surface area contributed by atoms with E-state index in [9.17, 15) is 35.7 Å². The van der Waals surface area contributed by atoms with Gasteiger partial charge in [0.2, 0.25) is 0 Å². The lowest BCUT2D eigenvalue weighted by Gasteiger charge is -2.40. The normalized spacial score (nSPS) is 33.2. The summed E-state index contributed by atoms with van der Waals surface area (Å²) in [6, 6.07) is 10.0. The highest BCUT2D eigenvalue weighted by molar-refractivity contribution is 5.45. The molecule has 0 spiro atoms. The number of aliphatic hydroxyl groups excluding tert-OH is 5. The van der Waals surface area contributed by atoms with E-state index >= 15 is 0 Å². The fraction of sp³-hybridized carbons (Fsp3) is 0.556. The second kappa shape index (κ2) is 11.6. The molecular weight excluding hydrogens is 500 g/mol. The summed E-state index contributed by atoms with van der Waals surface area (Å²) < 4.78 is 21.7. The van der Waals surface area contributed by atoms with Crippen molar-refractivity contribution < 1.29 is 54.7 Å². The van der Waals surface area contributed by atoms with Crippen LogP contribution in [0.3, 0.4) is 0 Å². The van der Waals surface area contributed by atoms with E-state index in [0.717, 1.165) is 11.1 Å². The second-order valence-corrected chi connectivity index (χ2v) is 9.94. The van der Waals surface area contributed by atoms with E-state index in [1.807, 2.05) is 0 Å². The number of phenolic OH excluding ortho intramolecular Hbond substituents is 1. The molecule has 0 bridgehead atoms. The van der Waals surface area contributed by atoms with Gasteiger partial charge in [0.25, 0.3) is 0 Å². The average Bonchev–Trinajstić information content (AvgIpc) is 3.25. The van der Waals surface area contributed by atoms with Crippen LogP contribution in [0.5, 0.6) is 23.0 Å². The maximum absolute atomic E-state index is 11.6. The van der Waals surface area contributed by atoms with Gasteiger partial charge in [0.15, 0.2) is 35.4 Å². The molecule has 0 amide bonds. The fourth-order valence-electron chi connectivity index (χ4n) is 5.64. The highest BCUT2D eigenvalue weighted by atomic mass is 16.7. The van der Waals surface area contributed by atoms with Gasteiger partial charge in [0.1, 0.15) is 18.3 Å². The summed E-state index contributed by atoms with van der Waals surface area (Å²) in [4.78, 5) is 0. The van der Waals surface area contributed by atoms with Gasteiger partial charge < -0.3 is 54.7 Å². The van der Waals surface area contributed by atoms with E-state index in [0.29, 0.717) is 24.3 Å². The topological polar surface area (TPSA) is 179 Å². The van der Waals surface area contributed by atoms with Gasteiger partial charge in [0, 0.05) is 18.9 Å². The summed E-state index contributed by atoms with van der Waals surface area (Å²) in [6.07, 6.45) is -5.77. The Bertz CT molecular complexity index is 1090.